The monoisotopic (exact) mass is 396 g/mol. The van der Waals surface area contributed by atoms with Crippen molar-refractivity contribution in [3.63, 3.8) is 0 Å². The summed E-state index contributed by atoms with van der Waals surface area (Å²) in [5.74, 6) is -0.266. The molecule has 0 atom stereocenters. The summed E-state index contributed by atoms with van der Waals surface area (Å²) in [4.78, 5) is 27.9. The molecule has 3 heterocycles. The lowest BCUT2D eigenvalue weighted by atomic mass is 9.85. The second kappa shape index (κ2) is 9.14. The van der Waals surface area contributed by atoms with Gasteiger partial charge in [-0.15, -0.1) is 11.3 Å². The summed E-state index contributed by atoms with van der Waals surface area (Å²) in [6.07, 6.45) is 3.93. The predicted octanol–water partition coefficient (Wildman–Crippen LogP) is 1.29. The number of hydrogen-bond donors (Lipinski definition) is 2. The fraction of sp³-hybridized carbons (Fsp3) is 0.684. The molecule has 0 aliphatic carbocycles. The first-order valence-corrected chi connectivity index (χ1v) is 10.3. The Kier molecular flexibility index (Phi) is 6.86. The van der Waals surface area contributed by atoms with E-state index in [1.165, 1.54) is 28.9 Å². The number of piperidine rings is 1. The first-order chi connectivity index (χ1) is 13.1. The van der Waals surface area contributed by atoms with Crippen LogP contribution < -0.4 is 5.32 Å². The minimum absolute atomic E-state index is 0.0504. The van der Waals surface area contributed by atoms with E-state index in [1.807, 2.05) is 6.07 Å². The van der Waals surface area contributed by atoms with Gasteiger partial charge in [0.25, 0.3) is 5.91 Å². The average Bonchev–Trinajstić information content (AvgIpc) is 3.13. The SMILES string of the molecule is COC(=O)CN1CCC2(CC1)OCCc1cc(C(=O)NCCCCO)sc12. The largest absolute Gasteiger partial charge is 0.468 e. The highest BCUT2D eigenvalue weighted by molar-refractivity contribution is 7.14. The van der Waals surface area contributed by atoms with Gasteiger partial charge in [-0.1, -0.05) is 0 Å². The van der Waals surface area contributed by atoms with Gasteiger partial charge in [-0.05, 0) is 43.7 Å². The van der Waals surface area contributed by atoms with Gasteiger partial charge in [0, 0.05) is 31.1 Å². The van der Waals surface area contributed by atoms with Crippen molar-refractivity contribution in [1.82, 2.24) is 10.2 Å². The lowest BCUT2D eigenvalue weighted by molar-refractivity contribution is -0.144. The number of esters is 1. The van der Waals surface area contributed by atoms with Crippen LogP contribution in [0.3, 0.4) is 0 Å². The van der Waals surface area contributed by atoms with E-state index in [4.69, 9.17) is 14.6 Å². The number of carbonyl (C=O) groups excluding carboxylic acids is 2. The van der Waals surface area contributed by atoms with Crippen molar-refractivity contribution in [3.05, 3.63) is 21.4 Å². The molecule has 1 aromatic heterocycles. The number of likely N-dealkylation sites (tertiary alicyclic amines) is 1. The van der Waals surface area contributed by atoms with E-state index in [1.54, 1.807) is 0 Å². The maximum absolute atomic E-state index is 12.4. The van der Waals surface area contributed by atoms with Crippen LogP contribution in [0, 0.1) is 0 Å². The molecule has 3 rings (SSSR count). The molecule has 27 heavy (non-hydrogen) atoms. The minimum Gasteiger partial charge on any atom is -0.468 e. The Bertz CT molecular complexity index is 667. The zero-order valence-electron chi connectivity index (χ0n) is 15.8. The fourth-order valence-corrected chi connectivity index (χ4v) is 5.08. The highest BCUT2D eigenvalue weighted by Crippen LogP contribution is 2.45. The molecule has 2 aliphatic rings. The van der Waals surface area contributed by atoms with E-state index < -0.39 is 0 Å². The molecule has 0 bridgehead atoms. The second-order valence-electron chi connectivity index (χ2n) is 7.10. The maximum atomic E-state index is 12.4. The maximum Gasteiger partial charge on any atom is 0.319 e. The quantitative estimate of drug-likeness (QED) is 0.533. The van der Waals surface area contributed by atoms with Crippen LogP contribution in [0.25, 0.3) is 0 Å². The van der Waals surface area contributed by atoms with Crippen LogP contribution in [0.2, 0.25) is 0 Å². The van der Waals surface area contributed by atoms with Gasteiger partial charge < -0.3 is 19.9 Å². The van der Waals surface area contributed by atoms with Crippen LogP contribution in [-0.2, 0) is 26.3 Å². The van der Waals surface area contributed by atoms with Crippen LogP contribution in [0.5, 0.6) is 0 Å². The van der Waals surface area contributed by atoms with E-state index in [-0.39, 0.29) is 24.1 Å². The number of unbranched alkanes of at least 4 members (excludes halogenated alkanes) is 1. The molecule has 0 unspecified atom stereocenters. The van der Waals surface area contributed by atoms with E-state index in [2.05, 4.69) is 10.2 Å². The van der Waals surface area contributed by atoms with Gasteiger partial charge in [0.05, 0.1) is 25.1 Å². The van der Waals surface area contributed by atoms with Crippen LogP contribution in [-0.4, -0.2) is 68.4 Å². The number of aliphatic hydroxyl groups is 1. The van der Waals surface area contributed by atoms with Gasteiger partial charge in [-0.3, -0.25) is 14.5 Å². The van der Waals surface area contributed by atoms with E-state index in [9.17, 15) is 9.59 Å². The normalized spacial score (nSPS) is 18.9. The van der Waals surface area contributed by atoms with Crippen molar-refractivity contribution in [2.45, 2.75) is 37.7 Å². The third-order valence-electron chi connectivity index (χ3n) is 5.31. The number of nitrogens with one attached hydrogen (secondary N) is 1. The number of rotatable bonds is 7. The molecular formula is C19H28N2O5S. The van der Waals surface area contributed by atoms with Crippen molar-refractivity contribution < 1.29 is 24.2 Å². The topological polar surface area (TPSA) is 88.1 Å². The Hall–Kier alpha value is -1.48. The number of aliphatic hydroxyl groups excluding tert-OH is 1. The van der Waals surface area contributed by atoms with Crippen LogP contribution in [0.1, 0.15) is 45.8 Å². The Morgan fingerprint density at radius 3 is 2.85 bits per heavy atom. The average molecular weight is 397 g/mol. The van der Waals surface area contributed by atoms with Gasteiger partial charge >= 0.3 is 5.97 Å². The van der Waals surface area contributed by atoms with Crippen molar-refractivity contribution in [2.24, 2.45) is 0 Å². The molecule has 1 amide bonds. The number of thiophene rings is 1. The van der Waals surface area contributed by atoms with Gasteiger partial charge in [-0.25, -0.2) is 0 Å². The molecule has 150 valence electrons. The third kappa shape index (κ3) is 4.68. The van der Waals surface area contributed by atoms with E-state index in [0.29, 0.717) is 26.1 Å². The number of hydrogen-bond acceptors (Lipinski definition) is 7. The number of amides is 1. The summed E-state index contributed by atoms with van der Waals surface area (Å²) in [6, 6.07) is 2.01. The molecule has 8 heteroatoms. The molecule has 2 N–H and O–H groups in total. The number of fused-ring (bicyclic) bond motifs is 2. The van der Waals surface area contributed by atoms with Gasteiger partial charge in [0.15, 0.2) is 0 Å². The van der Waals surface area contributed by atoms with Gasteiger partial charge in [-0.2, -0.15) is 0 Å². The Morgan fingerprint density at radius 1 is 1.37 bits per heavy atom. The number of carbonyl (C=O) groups is 2. The number of ether oxygens (including phenoxy) is 2. The summed E-state index contributed by atoms with van der Waals surface area (Å²) in [5.41, 5.74) is 0.883. The molecule has 0 saturated carbocycles. The van der Waals surface area contributed by atoms with Crippen molar-refractivity contribution in [2.75, 3.05) is 46.5 Å². The minimum atomic E-state index is -0.333. The van der Waals surface area contributed by atoms with E-state index >= 15 is 0 Å². The van der Waals surface area contributed by atoms with Crippen LogP contribution >= 0.6 is 11.3 Å². The molecule has 0 aromatic carbocycles. The highest BCUT2D eigenvalue weighted by atomic mass is 32.1. The summed E-state index contributed by atoms with van der Waals surface area (Å²) < 4.78 is 11.0. The highest BCUT2D eigenvalue weighted by Gasteiger charge is 2.43. The van der Waals surface area contributed by atoms with Crippen molar-refractivity contribution >= 4 is 23.2 Å². The molecule has 2 aliphatic heterocycles. The first-order valence-electron chi connectivity index (χ1n) is 9.53. The smallest absolute Gasteiger partial charge is 0.319 e. The zero-order chi connectivity index (χ0) is 19.3. The summed E-state index contributed by atoms with van der Waals surface area (Å²) in [7, 11) is 1.41. The van der Waals surface area contributed by atoms with Crippen LogP contribution in [0.15, 0.2) is 6.07 Å². The molecule has 1 fully saturated rings. The molecule has 7 nitrogen and oxygen atoms in total. The summed E-state index contributed by atoms with van der Waals surface area (Å²) in [5, 5.41) is 11.8. The Labute approximate surface area is 163 Å². The Morgan fingerprint density at radius 2 is 2.15 bits per heavy atom. The lowest BCUT2D eigenvalue weighted by Gasteiger charge is -2.43. The summed E-state index contributed by atoms with van der Waals surface area (Å²) >= 11 is 1.54. The predicted molar refractivity (Wildman–Crippen MR) is 102 cm³/mol. The molecule has 1 spiro atoms. The molecule has 0 radical (unpaired) electrons. The van der Waals surface area contributed by atoms with Crippen molar-refractivity contribution in [3.8, 4) is 0 Å². The summed E-state index contributed by atoms with van der Waals surface area (Å²) in [6.45, 7) is 3.25. The molecular weight excluding hydrogens is 368 g/mol. The van der Waals surface area contributed by atoms with Gasteiger partial charge in [0.2, 0.25) is 0 Å². The fourth-order valence-electron chi connectivity index (χ4n) is 3.75. The van der Waals surface area contributed by atoms with Gasteiger partial charge in [0.1, 0.15) is 5.60 Å². The molecule has 1 saturated heterocycles. The number of methoxy groups -OCH3 is 1. The first kappa shape index (κ1) is 20.3. The van der Waals surface area contributed by atoms with E-state index in [0.717, 1.165) is 43.6 Å². The van der Waals surface area contributed by atoms with Crippen molar-refractivity contribution in [1.29, 1.82) is 0 Å². The lowest BCUT2D eigenvalue weighted by Crippen LogP contribution is -2.47. The Balaban J connectivity index is 1.65. The zero-order valence-corrected chi connectivity index (χ0v) is 16.6. The second-order valence-corrected chi connectivity index (χ2v) is 8.15. The van der Waals surface area contributed by atoms with Crippen LogP contribution in [0.4, 0.5) is 0 Å². The standard InChI is InChI=1S/C19H28N2O5S/c1-25-16(23)13-21-8-5-19(6-9-21)17-14(4-11-26-19)12-15(27-17)18(24)20-7-2-3-10-22/h12,22H,2-11,13H2,1H3,(H,20,24). The number of nitrogens with zero attached hydrogens (tertiary/aromatic N) is 1. The molecule has 1 aromatic rings. The third-order valence-corrected chi connectivity index (χ3v) is 6.67.